The molecule has 0 radical (unpaired) electrons. The molecule has 0 aliphatic rings. The summed E-state index contributed by atoms with van der Waals surface area (Å²) in [6.45, 7) is 2.04. The highest BCUT2D eigenvalue weighted by Gasteiger charge is 1.67. The number of aldehydes is 1. The normalized spacial score (nSPS) is 9.86. The van der Waals surface area contributed by atoms with E-state index < -0.39 is 0 Å². The molecule has 0 aromatic rings. The second-order valence-corrected chi connectivity index (χ2v) is 1.28. The van der Waals surface area contributed by atoms with E-state index in [4.69, 9.17) is 0 Å². The molecule has 0 aromatic heterocycles. The predicted molar refractivity (Wildman–Crippen MR) is 30.1 cm³/mol. The molecule has 0 unspecified atom stereocenters. The number of hydrogen-bond acceptors (Lipinski definition) is 1. The summed E-state index contributed by atoms with van der Waals surface area (Å²) >= 11 is 0. The van der Waals surface area contributed by atoms with Gasteiger partial charge in [-0.3, -0.25) is 0 Å². The van der Waals surface area contributed by atoms with E-state index in [1.165, 1.54) is 0 Å². The quantitative estimate of drug-likeness (QED) is 0.386. The largest absolute Gasteiger partial charge is 0.303 e. The lowest BCUT2D eigenvalue weighted by atomic mass is 10.3. The van der Waals surface area contributed by atoms with Crippen LogP contribution < -0.4 is 0 Å². The summed E-state index contributed by atoms with van der Waals surface area (Å²) in [5.41, 5.74) is 0. The number of hydrogen-bond donors (Lipinski definition) is 0. The lowest BCUT2D eigenvalue weighted by Gasteiger charge is -1.72. The van der Waals surface area contributed by atoms with Crippen LogP contribution in [0.2, 0.25) is 0 Å². The first-order chi connectivity index (χ1) is 3.41. The molecule has 0 bridgehead atoms. The van der Waals surface area contributed by atoms with Gasteiger partial charge in [-0.1, -0.05) is 19.1 Å². The standard InChI is InChI=1S/C6H10O/c1-2-3-4-5-6-7/h3-4,6H,2,5H2,1H3. The average molecular weight is 98.1 g/mol. The van der Waals surface area contributed by atoms with Crippen molar-refractivity contribution in [2.45, 2.75) is 19.8 Å². The van der Waals surface area contributed by atoms with Gasteiger partial charge in [0.2, 0.25) is 0 Å². The zero-order valence-electron chi connectivity index (χ0n) is 4.55. The third-order valence-electron chi connectivity index (χ3n) is 0.635. The van der Waals surface area contributed by atoms with Gasteiger partial charge in [0, 0.05) is 6.42 Å². The van der Waals surface area contributed by atoms with E-state index in [-0.39, 0.29) is 0 Å². The molecule has 1 heteroatoms. The van der Waals surface area contributed by atoms with Crippen LogP contribution in [0.4, 0.5) is 0 Å². The SMILES string of the molecule is CCC=CCC=O. The van der Waals surface area contributed by atoms with Crippen molar-refractivity contribution in [2.24, 2.45) is 0 Å². The van der Waals surface area contributed by atoms with Crippen LogP contribution >= 0.6 is 0 Å². The molecule has 0 aliphatic heterocycles. The maximum atomic E-state index is 9.63. The van der Waals surface area contributed by atoms with Gasteiger partial charge in [-0.2, -0.15) is 0 Å². The highest BCUT2D eigenvalue weighted by atomic mass is 16.1. The summed E-state index contributed by atoms with van der Waals surface area (Å²) in [5, 5.41) is 0. The maximum absolute atomic E-state index is 9.63. The van der Waals surface area contributed by atoms with Crippen molar-refractivity contribution >= 4 is 6.29 Å². The van der Waals surface area contributed by atoms with Crippen molar-refractivity contribution in [2.75, 3.05) is 0 Å². The summed E-state index contributed by atoms with van der Waals surface area (Å²) in [7, 11) is 0. The molecule has 0 N–H and O–H groups in total. The Morgan fingerprint density at radius 3 is 2.57 bits per heavy atom. The Kier molecular flexibility index (Phi) is 4.95. The molecule has 0 rings (SSSR count). The minimum Gasteiger partial charge on any atom is -0.303 e. The van der Waals surface area contributed by atoms with Crippen LogP contribution in [0.25, 0.3) is 0 Å². The molecule has 0 saturated carbocycles. The van der Waals surface area contributed by atoms with Crippen LogP contribution in [-0.4, -0.2) is 6.29 Å². The van der Waals surface area contributed by atoms with Crippen LogP contribution in [-0.2, 0) is 4.79 Å². The van der Waals surface area contributed by atoms with E-state index in [9.17, 15) is 4.79 Å². The molecule has 1 nitrogen and oxygen atoms in total. The second kappa shape index (κ2) is 5.41. The summed E-state index contributed by atoms with van der Waals surface area (Å²) in [6, 6.07) is 0. The van der Waals surface area contributed by atoms with Gasteiger partial charge in [-0.05, 0) is 6.42 Å². The van der Waals surface area contributed by atoms with Crippen molar-refractivity contribution in [3.8, 4) is 0 Å². The smallest absolute Gasteiger partial charge is 0.123 e. The molecule has 0 aliphatic carbocycles. The van der Waals surface area contributed by atoms with Crippen LogP contribution in [0.1, 0.15) is 19.8 Å². The zero-order chi connectivity index (χ0) is 5.54. The summed E-state index contributed by atoms with van der Waals surface area (Å²) < 4.78 is 0. The van der Waals surface area contributed by atoms with Gasteiger partial charge in [0.15, 0.2) is 0 Å². The Morgan fingerprint density at radius 1 is 1.43 bits per heavy atom. The van der Waals surface area contributed by atoms with Crippen LogP contribution in [0.5, 0.6) is 0 Å². The van der Waals surface area contributed by atoms with E-state index in [2.05, 4.69) is 0 Å². The van der Waals surface area contributed by atoms with Crippen molar-refractivity contribution in [3.63, 3.8) is 0 Å². The lowest BCUT2D eigenvalue weighted by molar-refractivity contribution is -0.107. The molecule has 0 fully saturated rings. The number of allylic oxidation sites excluding steroid dienone is 2. The number of carbonyl (C=O) groups is 1. The fraction of sp³-hybridized carbons (Fsp3) is 0.500. The zero-order valence-corrected chi connectivity index (χ0v) is 4.55. The third kappa shape index (κ3) is 5.41. The first-order valence-electron chi connectivity index (χ1n) is 2.50. The van der Waals surface area contributed by atoms with Gasteiger partial charge in [-0.15, -0.1) is 0 Å². The van der Waals surface area contributed by atoms with Gasteiger partial charge in [-0.25, -0.2) is 0 Å². The molecule has 0 aromatic carbocycles. The molecular weight excluding hydrogens is 88.1 g/mol. The van der Waals surface area contributed by atoms with Gasteiger partial charge in [0.1, 0.15) is 6.29 Å². The molecule has 0 atom stereocenters. The molecule has 0 saturated heterocycles. The van der Waals surface area contributed by atoms with E-state index in [1.54, 1.807) is 0 Å². The second-order valence-electron chi connectivity index (χ2n) is 1.28. The Labute approximate surface area is 44.0 Å². The highest BCUT2D eigenvalue weighted by Crippen LogP contribution is 1.80. The minimum absolute atomic E-state index is 0.563. The van der Waals surface area contributed by atoms with Gasteiger partial charge < -0.3 is 4.79 Å². The van der Waals surface area contributed by atoms with E-state index in [0.29, 0.717) is 6.42 Å². The molecular formula is C6H10O. The maximum Gasteiger partial charge on any atom is 0.123 e. The van der Waals surface area contributed by atoms with E-state index in [0.717, 1.165) is 12.7 Å². The van der Waals surface area contributed by atoms with Crippen molar-refractivity contribution in [3.05, 3.63) is 12.2 Å². The molecule has 0 spiro atoms. The molecule has 0 amide bonds. The monoisotopic (exact) mass is 98.1 g/mol. The van der Waals surface area contributed by atoms with Crippen molar-refractivity contribution in [1.29, 1.82) is 0 Å². The first kappa shape index (κ1) is 6.41. The molecule has 7 heavy (non-hydrogen) atoms. The van der Waals surface area contributed by atoms with Crippen LogP contribution in [0, 0.1) is 0 Å². The first-order valence-corrected chi connectivity index (χ1v) is 2.50. The summed E-state index contributed by atoms with van der Waals surface area (Å²) in [5.74, 6) is 0. The van der Waals surface area contributed by atoms with E-state index >= 15 is 0 Å². The molecule has 40 valence electrons. The van der Waals surface area contributed by atoms with Gasteiger partial charge in [0.25, 0.3) is 0 Å². The third-order valence-corrected chi connectivity index (χ3v) is 0.635. The minimum atomic E-state index is 0.563. The van der Waals surface area contributed by atoms with Gasteiger partial charge in [0.05, 0.1) is 0 Å². The molecule has 0 heterocycles. The van der Waals surface area contributed by atoms with Crippen molar-refractivity contribution in [1.82, 2.24) is 0 Å². The fourth-order valence-electron chi connectivity index (χ4n) is 0.318. The van der Waals surface area contributed by atoms with Crippen molar-refractivity contribution < 1.29 is 4.79 Å². The lowest BCUT2D eigenvalue weighted by Crippen LogP contribution is -1.63. The van der Waals surface area contributed by atoms with Crippen LogP contribution in [0.3, 0.4) is 0 Å². The summed E-state index contributed by atoms with van der Waals surface area (Å²) in [6.07, 6.45) is 6.33. The highest BCUT2D eigenvalue weighted by molar-refractivity contribution is 5.51. The number of rotatable bonds is 3. The Bertz CT molecular complexity index is 64.6. The van der Waals surface area contributed by atoms with E-state index in [1.807, 2.05) is 19.1 Å². The Morgan fingerprint density at radius 2 is 2.14 bits per heavy atom. The Hall–Kier alpha value is -0.590. The predicted octanol–water partition coefficient (Wildman–Crippen LogP) is 1.54. The number of carbonyl (C=O) groups excluding carboxylic acids is 1. The average Bonchev–Trinajstić information content (AvgIpc) is 1.69. The topological polar surface area (TPSA) is 17.1 Å². The fourth-order valence-corrected chi connectivity index (χ4v) is 0.318. The summed E-state index contributed by atoms with van der Waals surface area (Å²) in [4.78, 5) is 9.63. The van der Waals surface area contributed by atoms with Crippen LogP contribution in [0.15, 0.2) is 12.2 Å². The van der Waals surface area contributed by atoms with Gasteiger partial charge >= 0.3 is 0 Å². The Balaban J connectivity index is 2.92.